The lowest BCUT2D eigenvalue weighted by molar-refractivity contribution is -0.160. The van der Waals surface area contributed by atoms with E-state index >= 15 is 0 Å². The average molecular weight is 206 g/mol. The molecule has 0 aliphatic heterocycles. The fourth-order valence-electron chi connectivity index (χ4n) is 0.560. The number of rotatable bonds is 5. The minimum absolute atomic E-state index is 0.140. The van der Waals surface area contributed by atoms with Crippen molar-refractivity contribution in [1.29, 1.82) is 0 Å². The van der Waals surface area contributed by atoms with Crippen LogP contribution in [0.5, 0.6) is 0 Å². The Hall–Kier alpha value is -0.590. The molecule has 1 atom stereocenters. The van der Waals surface area contributed by atoms with E-state index in [4.69, 9.17) is 11.5 Å². The van der Waals surface area contributed by atoms with Crippen LogP contribution < -0.4 is 11.5 Å². The van der Waals surface area contributed by atoms with Crippen molar-refractivity contribution in [2.75, 3.05) is 12.3 Å². The van der Waals surface area contributed by atoms with E-state index in [1.807, 2.05) is 0 Å². The van der Waals surface area contributed by atoms with Crippen molar-refractivity contribution in [2.45, 2.75) is 18.9 Å². The van der Waals surface area contributed by atoms with Crippen LogP contribution in [0.2, 0.25) is 0 Å². The molecule has 6 heteroatoms. The van der Waals surface area contributed by atoms with E-state index in [2.05, 4.69) is 17.4 Å². The second-order valence-electron chi connectivity index (χ2n) is 2.47. The summed E-state index contributed by atoms with van der Waals surface area (Å²) in [7, 11) is 0. The maximum Gasteiger partial charge on any atom is 0.331 e. The van der Waals surface area contributed by atoms with Crippen molar-refractivity contribution >= 4 is 24.6 Å². The number of carbonyl (C=O) groups is 2. The van der Waals surface area contributed by atoms with Gasteiger partial charge in [0.25, 0.3) is 0 Å². The molecule has 0 aromatic heterocycles. The maximum absolute atomic E-state index is 10.9. The summed E-state index contributed by atoms with van der Waals surface area (Å²) < 4.78 is 4.40. The van der Waals surface area contributed by atoms with Crippen LogP contribution in [0.15, 0.2) is 0 Å². The first kappa shape index (κ1) is 12.4. The highest BCUT2D eigenvalue weighted by atomic mass is 32.1. The minimum Gasteiger partial charge on any atom is -0.392 e. The number of thiol groups is 1. The number of esters is 2. The van der Waals surface area contributed by atoms with Gasteiger partial charge in [-0.25, -0.2) is 4.79 Å². The Morgan fingerprint density at radius 1 is 1.46 bits per heavy atom. The van der Waals surface area contributed by atoms with Crippen molar-refractivity contribution in [1.82, 2.24) is 0 Å². The molecule has 0 saturated carbocycles. The normalized spacial score (nSPS) is 12.2. The summed E-state index contributed by atoms with van der Waals surface area (Å²) in [6.45, 7) is 0.391. The summed E-state index contributed by atoms with van der Waals surface area (Å²) in [5, 5.41) is 0. The van der Waals surface area contributed by atoms with Crippen molar-refractivity contribution in [2.24, 2.45) is 11.5 Å². The SMILES string of the molecule is NCCCC(=O)OC(=O)[C@@H](N)CS. The molecule has 0 aromatic rings. The zero-order chi connectivity index (χ0) is 10.3. The van der Waals surface area contributed by atoms with Gasteiger partial charge >= 0.3 is 11.9 Å². The Balaban J connectivity index is 3.71. The topological polar surface area (TPSA) is 95.4 Å². The molecule has 13 heavy (non-hydrogen) atoms. The van der Waals surface area contributed by atoms with Gasteiger partial charge in [0.05, 0.1) is 0 Å². The number of ether oxygens (including phenoxy) is 1. The molecular formula is C7H14N2O3S. The van der Waals surface area contributed by atoms with E-state index in [0.717, 1.165) is 0 Å². The van der Waals surface area contributed by atoms with Crippen LogP contribution in [-0.2, 0) is 14.3 Å². The highest BCUT2D eigenvalue weighted by Crippen LogP contribution is 1.94. The van der Waals surface area contributed by atoms with E-state index in [0.29, 0.717) is 13.0 Å². The average Bonchev–Trinajstić information content (AvgIpc) is 2.13. The lowest BCUT2D eigenvalue weighted by atomic mass is 10.3. The van der Waals surface area contributed by atoms with Gasteiger partial charge in [0.15, 0.2) is 0 Å². The smallest absolute Gasteiger partial charge is 0.331 e. The highest BCUT2D eigenvalue weighted by Gasteiger charge is 2.16. The molecule has 0 heterocycles. The molecule has 0 aromatic carbocycles. The third-order valence-corrected chi connectivity index (χ3v) is 1.69. The van der Waals surface area contributed by atoms with Crippen molar-refractivity contribution < 1.29 is 14.3 Å². The molecule has 4 N–H and O–H groups in total. The van der Waals surface area contributed by atoms with Crippen molar-refractivity contribution in [3.63, 3.8) is 0 Å². The molecule has 0 amide bonds. The third kappa shape index (κ3) is 5.62. The van der Waals surface area contributed by atoms with Crippen LogP contribution in [-0.4, -0.2) is 30.3 Å². The molecule has 0 rings (SSSR count). The number of nitrogens with two attached hydrogens (primary N) is 2. The second kappa shape index (κ2) is 6.88. The molecule has 76 valence electrons. The molecule has 0 radical (unpaired) electrons. The molecule has 0 aliphatic carbocycles. The quantitative estimate of drug-likeness (QED) is 0.306. The summed E-state index contributed by atoms with van der Waals surface area (Å²) in [4.78, 5) is 21.8. The van der Waals surface area contributed by atoms with Crippen LogP contribution >= 0.6 is 12.6 Å². The summed E-state index contributed by atoms with van der Waals surface area (Å²) >= 11 is 3.79. The first-order chi connectivity index (χ1) is 6.11. The van der Waals surface area contributed by atoms with E-state index in [1.165, 1.54) is 0 Å². The van der Waals surface area contributed by atoms with Crippen molar-refractivity contribution in [3.8, 4) is 0 Å². The van der Waals surface area contributed by atoms with Crippen LogP contribution in [0.25, 0.3) is 0 Å². The Labute approximate surface area is 82.2 Å². The van der Waals surface area contributed by atoms with E-state index in [9.17, 15) is 9.59 Å². The van der Waals surface area contributed by atoms with Crippen LogP contribution in [0.4, 0.5) is 0 Å². The molecule has 0 aliphatic rings. The van der Waals surface area contributed by atoms with Gasteiger partial charge in [-0.15, -0.1) is 0 Å². The van der Waals surface area contributed by atoms with Crippen molar-refractivity contribution in [3.05, 3.63) is 0 Å². The molecule has 0 spiro atoms. The van der Waals surface area contributed by atoms with Gasteiger partial charge in [-0.3, -0.25) is 4.79 Å². The Morgan fingerprint density at radius 3 is 2.54 bits per heavy atom. The van der Waals surface area contributed by atoms with Gasteiger partial charge in [-0.2, -0.15) is 12.6 Å². The largest absolute Gasteiger partial charge is 0.392 e. The highest BCUT2D eigenvalue weighted by molar-refractivity contribution is 7.80. The Morgan fingerprint density at radius 2 is 2.08 bits per heavy atom. The van der Waals surface area contributed by atoms with Crippen LogP contribution in [0, 0.1) is 0 Å². The van der Waals surface area contributed by atoms with Gasteiger partial charge in [0.2, 0.25) is 0 Å². The van der Waals surface area contributed by atoms with Crippen LogP contribution in [0.3, 0.4) is 0 Å². The first-order valence-corrected chi connectivity index (χ1v) is 4.56. The number of hydrogen-bond donors (Lipinski definition) is 3. The monoisotopic (exact) mass is 206 g/mol. The van der Waals surface area contributed by atoms with Gasteiger partial charge in [0, 0.05) is 12.2 Å². The first-order valence-electron chi connectivity index (χ1n) is 3.92. The molecular weight excluding hydrogens is 192 g/mol. The van der Waals surface area contributed by atoms with E-state index in [-0.39, 0.29) is 12.2 Å². The zero-order valence-corrected chi connectivity index (χ0v) is 8.13. The third-order valence-electron chi connectivity index (χ3n) is 1.30. The second-order valence-corrected chi connectivity index (χ2v) is 2.84. The molecule has 0 fully saturated rings. The summed E-state index contributed by atoms with van der Waals surface area (Å²) in [6, 6.07) is -0.842. The maximum atomic E-state index is 10.9. The molecule has 0 unspecified atom stereocenters. The predicted molar refractivity (Wildman–Crippen MR) is 51.2 cm³/mol. The number of hydrogen-bond acceptors (Lipinski definition) is 6. The number of carbonyl (C=O) groups excluding carboxylic acids is 2. The van der Waals surface area contributed by atoms with Crippen LogP contribution in [0.1, 0.15) is 12.8 Å². The standard InChI is InChI=1S/C7H14N2O3S/c8-3-1-2-6(10)12-7(11)5(9)4-13/h5,13H,1-4,8-9H2/t5-/m0/s1. The lowest BCUT2D eigenvalue weighted by Crippen LogP contribution is -2.35. The molecule has 5 nitrogen and oxygen atoms in total. The molecule has 0 bridgehead atoms. The minimum atomic E-state index is -0.842. The predicted octanol–water partition coefficient (Wildman–Crippen LogP) is -0.948. The Bertz CT molecular complexity index is 187. The van der Waals surface area contributed by atoms with Gasteiger partial charge < -0.3 is 16.2 Å². The van der Waals surface area contributed by atoms with Gasteiger partial charge in [0.1, 0.15) is 6.04 Å². The lowest BCUT2D eigenvalue weighted by Gasteiger charge is -2.06. The fraction of sp³-hybridized carbons (Fsp3) is 0.714. The van der Waals surface area contributed by atoms with E-state index < -0.39 is 18.0 Å². The molecule has 0 saturated heterocycles. The van der Waals surface area contributed by atoms with E-state index in [1.54, 1.807) is 0 Å². The Kier molecular flexibility index (Phi) is 6.56. The summed E-state index contributed by atoms with van der Waals surface area (Å²) in [5.41, 5.74) is 10.4. The summed E-state index contributed by atoms with van der Waals surface area (Å²) in [5.74, 6) is -1.17. The summed E-state index contributed by atoms with van der Waals surface area (Å²) in [6.07, 6.45) is 0.643. The van der Waals surface area contributed by atoms with Gasteiger partial charge in [-0.1, -0.05) is 0 Å². The fourth-order valence-corrected chi connectivity index (χ4v) is 0.709. The zero-order valence-electron chi connectivity index (χ0n) is 7.23. The van der Waals surface area contributed by atoms with Gasteiger partial charge in [-0.05, 0) is 13.0 Å².